The van der Waals surface area contributed by atoms with Gasteiger partial charge in [0.25, 0.3) is 0 Å². The fraction of sp³-hybridized carbons (Fsp3) is 0.444. The van der Waals surface area contributed by atoms with Crippen molar-refractivity contribution in [1.82, 2.24) is 4.57 Å². The Morgan fingerprint density at radius 1 is 1.05 bits per heavy atom. The van der Waals surface area contributed by atoms with E-state index in [-0.39, 0.29) is 0 Å². The van der Waals surface area contributed by atoms with Crippen LogP contribution in [-0.4, -0.2) is 12.6 Å². The fourth-order valence-corrected chi connectivity index (χ4v) is 5.98. The van der Waals surface area contributed by atoms with Crippen molar-refractivity contribution < 1.29 is 0 Å². The van der Waals surface area contributed by atoms with Gasteiger partial charge < -0.3 is 4.57 Å². The molecule has 0 aliphatic rings. The molecular formula is C18H27NSi. The second-order valence-corrected chi connectivity index (χ2v) is 11.5. The van der Waals surface area contributed by atoms with Crippen LogP contribution < -0.4 is 0 Å². The van der Waals surface area contributed by atoms with Gasteiger partial charge in [0.15, 0.2) is 0 Å². The summed E-state index contributed by atoms with van der Waals surface area (Å²) < 4.78 is 2.26. The maximum atomic E-state index is 2.40. The van der Waals surface area contributed by atoms with Gasteiger partial charge in [0.2, 0.25) is 0 Å². The number of fused-ring (bicyclic) bond motifs is 1. The molecule has 0 bridgehead atoms. The van der Waals surface area contributed by atoms with Crippen molar-refractivity contribution in [3.8, 4) is 0 Å². The molecule has 0 aliphatic carbocycles. The summed E-state index contributed by atoms with van der Waals surface area (Å²) in [5, 5.41) is 1.33. The highest BCUT2D eigenvalue weighted by molar-refractivity contribution is 6.80. The van der Waals surface area contributed by atoms with E-state index in [4.69, 9.17) is 0 Å². The molecular weight excluding hydrogens is 258 g/mol. The number of nitrogens with zero attached hydrogens (tertiary/aromatic N) is 1. The van der Waals surface area contributed by atoms with Gasteiger partial charge in [-0.2, -0.15) is 0 Å². The van der Waals surface area contributed by atoms with Crippen LogP contribution >= 0.6 is 0 Å². The lowest BCUT2D eigenvalue weighted by Crippen LogP contribution is -2.29. The normalized spacial score (nSPS) is 12.6. The first kappa shape index (κ1) is 15.1. The third-order valence-electron chi connectivity index (χ3n) is 4.94. The van der Waals surface area contributed by atoms with Gasteiger partial charge in [0, 0.05) is 17.8 Å². The Hall–Kier alpha value is -1.28. The van der Waals surface area contributed by atoms with Crippen LogP contribution in [0.25, 0.3) is 17.1 Å². The number of aryl methyl sites for hydroxylation is 1. The fourth-order valence-electron chi connectivity index (χ4n) is 3.01. The van der Waals surface area contributed by atoms with Gasteiger partial charge in [-0.1, -0.05) is 56.6 Å². The molecule has 0 saturated carbocycles. The summed E-state index contributed by atoms with van der Waals surface area (Å²) in [6.07, 6.45) is 6.84. The first-order chi connectivity index (χ1) is 9.64. The lowest BCUT2D eigenvalue weighted by atomic mass is 10.2. The molecule has 2 rings (SSSR count). The van der Waals surface area contributed by atoms with E-state index >= 15 is 0 Å². The van der Waals surface area contributed by atoms with E-state index in [2.05, 4.69) is 75.0 Å². The number of rotatable bonds is 6. The molecule has 20 heavy (non-hydrogen) atoms. The zero-order valence-corrected chi connectivity index (χ0v) is 14.3. The minimum absolute atomic E-state index is 1.03. The number of benzene rings is 1. The van der Waals surface area contributed by atoms with Crippen molar-refractivity contribution in [3.05, 3.63) is 42.1 Å². The van der Waals surface area contributed by atoms with E-state index in [1.807, 2.05) is 0 Å². The van der Waals surface area contributed by atoms with Gasteiger partial charge in [-0.3, -0.25) is 0 Å². The molecule has 0 unspecified atom stereocenters. The maximum Gasteiger partial charge on any atom is 0.0565 e. The second kappa shape index (κ2) is 6.44. The minimum atomic E-state index is -1.03. The summed E-state index contributed by atoms with van der Waals surface area (Å²) >= 11 is 0. The number of allylic oxidation sites excluding steroid dienone is 1. The maximum absolute atomic E-state index is 2.40. The van der Waals surface area contributed by atoms with Crippen molar-refractivity contribution in [2.45, 2.75) is 51.9 Å². The standard InChI is InChI=1S/C18H27NSi/c1-5-20(6-2,7-3)14-8-12-19-13-11-17-15-16(4)9-10-18(17)19/h8-13,15H,5-7,14H2,1-4H3/b12-8+. The molecule has 1 heterocycles. The Bertz CT molecular complexity index is 582. The summed E-state index contributed by atoms with van der Waals surface area (Å²) in [7, 11) is -1.03. The molecule has 0 saturated heterocycles. The summed E-state index contributed by atoms with van der Waals surface area (Å²) in [6, 6.07) is 14.4. The molecule has 0 fully saturated rings. The summed E-state index contributed by atoms with van der Waals surface area (Å²) in [5.41, 5.74) is 2.64. The summed E-state index contributed by atoms with van der Waals surface area (Å²) in [6.45, 7) is 9.28. The predicted octanol–water partition coefficient (Wildman–Crippen LogP) is 5.93. The highest BCUT2D eigenvalue weighted by Crippen LogP contribution is 2.26. The lowest BCUT2D eigenvalue weighted by molar-refractivity contribution is 1.14. The van der Waals surface area contributed by atoms with E-state index in [0.29, 0.717) is 0 Å². The van der Waals surface area contributed by atoms with Crippen molar-refractivity contribution >= 4 is 25.2 Å². The summed E-state index contributed by atoms with van der Waals surface area (Å²) in [4.78, 5) is 0. The van der Waals surface area contributed by atoms with Gasteiger partial charge in [-0.15, -0.1) is 0 Å². The van der Waals surface area contributed by atoms with E-state index in [1.54, 1.807) is 0 Å². The van der Waals surface area contributed by atoms with Crippen LogP contribution in [0.1, 0.15) is 26.3 Å². The Kier molecular flexibility index (Phi) is 4.87. The van der Waals surface area contributed by atoms with Crippen LogP contribution in [0, 0.1) is 6.92 Å². The van der Waals surface area contributed by atoms with Gasteiger partial charge in [0.05, 0.1) is 13.6 Å². The van der Waals surface area contributed by atoms with Gasteiger partial charge in [-0.25, -0.2) is 0 Å². The lowest BCUT2D eigenvalue weighted by Gasteiger charge is -2.26. The first-order valence-electron chi connectivity index (χ1n) is 7.88. The molecule has 0 amide bonds. The Balaban J connectivity index is 2.18. The van der Waals surface area contributed by atoms with Crippen LogP contribution in [-0.2, 0) is 0 Å². The number of hydrogen-bond acceptors (Lipinski definition) is 0. The molecule has 1 aromatic carbocycles. The van der Waals surface area contributed by atoms with Crippen LogP contribution in [0.2, 0.25) is 24.2 Å². The van der Waals surface area contributed by atoms with E-state index in [9.17, 15) is 0 Å². The predicted molar refractivity (Wildman–Crippen MR) is 94.0 cm³/mol. The van der Waals surface area contributed by atoms with Gasteiger partial charge >= 0.3 is 0 Å². The molecule has 0 radical (unpaired) electrons. The second-order valence-electron chi connectivity index (χ2n) is 5.93. The summed E-state index contributed by atoms with van der Waals surface area (Å²) in [5.74, 6) is 0. The van der Waals surface area contributed by atoms with Gasteiger partial charge in [0.1, 0.15) is 0 Å². The van der Waals surface area contributed by atoms with Crippen LogP contribution in [0.3, 0.4) is 0 Å². The molecule has 0 atom stereocenters. The molecule has 0 spiro atoms. The zero-order valence-electron chi connectivity index (χ0n) is 13.3. The van der Waals surface area contributed by atoms with Crippen LogP contribution in [0.4, 0.5) is 0 Å². The molecule has 1 aromatic heterocycles. The Morgan fingerprint density at radius 2 is 1.75 bits per heavy atom. The quantitative estimate of drug-likeness (QED) is 0.580. The molecule has 0 aliphatic heterocycles. The monoisotopic (exact) mass is 285 g/mol. The first-order valence-corrected chi connectivity index (χ1v) is 10.7. The Morgan fingerprint density at radius 3 is 2.40 bits per heavy atom. The largest absolute Gasteiger partial charge is 0.324 e. The van der Waals surface area contributed by atoms with Crippen molar-refractivity contribution in [2.24, 2.45) is 0 Å². The van der Waals surface area contributed by atoms with E-state index in [1.165, 1.54) is 40.6 Å². The average Bonchev–Trinajstić information content (AvgIpc) is 2.86. The third-order valence-corrected chi connectivity index (χ3v) is 10.5. The highest BCUT2D eigenvalue weighted by atomic mass is 28.3. The topological polar surface area (TPSA) is 4.93 Å². The SMILES string of the molecule is CC[Si](CC)(CC)C/C=C/n1ccc2cc(C)ccc21. The van der Waals surface area contributed by atoms with Crippen molar-refractivity contribution in [2.75, 3.05) is 0 Å². The zero-order chi connectivity index (χ0) is 14.6. The molecule has 108 valence electrons. The molecule has 2 heteroatoms. The van der Waals surface area contributed by atoms with Gasteiger partial charge in [-0.05, 0) is 31.2 Å². The average molecular weight is 286 g/mol. The van der Waals surface area contributed by atoms with Crippen LogP contribution in [0.15, 0.2) is 36.5 Å². The third kappa shape index (κ3) is 3.06. The molecule has 2 aromatic rings. The number of hydrogen-bond donors (Lipinski definition) is 0. The molecule has 0 N–H and O–H groups in total. The highest BCUT2D eigenvalue weighted by Gasteiger charge is 2.24. The van der Waals surface area contributed by atoms with Crippen LogP contribution in [0.5, 0.6) is 0 Å². The molecule has 1 nitrogen and oxygen atoms in total. The number of aromatic nitrogens is 1. The van der Waals surface area contributed by atoms with E-state index < -0.39 is 8.07 Å². The minimum Gasteiger partial charge on any atom is -0.324 e. The smallest absolute Gasteiger partial charge is 0.0565 e. The van der Waals surface area contributed by atoms with Crippen molar-refractivity contribution in [1.29, 1.82) is 0 Å². The Labute approximate surface area is 124 Å². The van der Waals surface area contributed by atoms with E-state index in [0.717, 1.165) is 0 Å². The van der Waals surface area contributed by atoms with Crippen molar-refractivity contribution in [3.63, 3.8) is 0 Å².